The molecule has 0 N–H and O–H groups in total. The Kier molecular flexibility index (Phi) is 4.90. The Bertz CT molecular complexity index is 717. The fraction of sp³-hybridized carbons (Fsp3) is 0.250. The van der Waals surface area contributed by atoms with Crippen molar-refractivity contribution in [1.82, 2.24) is 9.88 Å². The standard InChI is InChI=1S/C16H17N3O4/c1-11-9-10-13(15(17-11)19(21)22)23-14(16(20)18(2)3)12-7-5-4-6-8-12/h4-10,14H,1-3H3. The van der Waals surface area contributed by atoms with Crippen LogP contribution in [0.15, 0.2) is 42.5 Å². The molecule has 7 heteroatoms. The van der Waals surface area contributed by atoms with Crippen molar-refractivity contribution in [2.45, 2.75) is 13.0 Å². The van der Waals surface area contributed by atoms with Crippen molar-refractivity contribution in [2.75, 3.05) is 14.1 Å². The third-order valence-corrected chi connectivity index (χ3v) is 3.16. The fourth-order valence-electron chi connectivity index (χ4n) is 2.00. The lowest BCUT2D eigenvalue weighted by Gasteiger charge is -2.21. The Labute approximate surface area is 133 Å². The molecule has 23 heavy (non-hydrogen) atoms. The molecule has 2 aromatic rings. The number of nitrogens with zero attached hydrogens (tertiary/aromatic N) is 3. The van der Waals surface area contributed by atoms with Crippen molar-refractivity contribution in [1.29, 1.82) is 0 Å². The number of benzene rings is 1. The van der Waals surface area contributed by atoms with Gasteiger partial charge in [0.2, 0.25) is 11.9 Å². The van der Waals surface area contributed by atoms with E-state index in [4.69, 9.17) is 4.74 Å². The second-order valence-corrected chi connectivity index (χ2v) is 5.17. The number of hydrogen-bond acceptors (Lipinski definition) is 5. The zero-order valence-corrected chi connectivity index (χ0v) is 13.1. The number of aryl methyl sites for hydroxylation is 1. The zero-order chi connectivity index (χ0) is 17.0. The van der Waals surface area contributed by atoms with Gasteiger partial charge in [0.05, 0.1) is 0 Å². The molecule has 0 spiro atoms. The van der Waals surface area contributed by atoms with Crippen LogP contribution in [0.4, 0.5) is 5.82 Å². The van der Waals surface area contributed by atoms with Crippen LogP contribution in [0.3, 0.4) is 0 Å². The maximum atomic E-state index is 12.4. The number of rotatable bonds is 5. The van der Waals surface area contributed by atoms with Gasteiger partial charge in [0.25, 0.3) is 5.91 Å². The van der Waals surface area contributed by atoms with Crippen LogP contribution in [0.25, 0.3) is 0 Å². The van der Waals surface area contributed by atoms with E-state index in [-0.39, 0.29) is 11.7 Å². The van der Waals surface area contributed by atoms with Crippen molar-refractivity contribution in [2.24, 2.45) is 0 Å². The minimum absolute atomic E-state index is 0.0374. The van der Waals surface area contributed by atoms with Gasteiger partial charge in [-0.1, -0.05) is 30.3 Å². The number of carbonyl (C=O) groups excluding carboxylic acids is 1. The van der Waals surface area contributed by atoms with Crippen molar-refractivity contribution in [3.63, 3.8) is 0 Å². The molecule has 1 heterocycles. The lowest BCUT2D eigenvalue weighted by molar-refractivity contribution is -0.390. The first kappa shape index (κ1) is 16.4. The summed E-state index contributed by atoms with van der Waals surface area (Å²) in [7, 11) is 3.20. The number of carbonyl (C=O) groups is 1. The molecule has 1 atom stereocenters. The van der Waals surface area contributed by atoms with Crippen molar-refractivity contribution >= 4 is 11.7 Å². The van der Waals surface area contributed by atoms with Gasteiger partial charge in [0.15, 0.2) is 0 Å². The van der Waals surface area contributed by atoms with Crippen LogP contribution in [-0.4, -0.2) is 34.8 Å². The van der Waals surface area contributed by atoms with E-state index in [1.807, 2.05) is 6.07 Å². The van der Waals surface area contributed by atoms with Gasteiger partial charge in [0.1, 0.15) is 5.69 Å². The van der Waals surface area contributed by atoms with Gasteiger partial charge in [-0.25, -0.2) is 0 Å². The minimum Gasteiger partial charge on any atom is -0.467 e. The average Bonchev–Trinajstić information content (AvgIpc) is 2.53. The summed E-state index contributed by atoms with van der Waals surface area (Å²) >= 11 is 0. The molecule has 0 saturated heterocycles. The van der Waals surface area contributed by atoms with Gasteiger partial charge in [-0.15, -0.1) is 0 Å². The number of likely N-dealkylation sites (N-methyl/N-ethyl adjacent to an activating group) is 1. The molecule has 0 aliphatic heterocycles. The first-order valence-electron chi connectivity index (χ1n) is 6.95. The number of nitro groups is 1. The molecule has 1 aromatic carbocycles. The molecule has 1 amide bonds. The number of hydrogen-bond donors (Lipinski definition) is 0. The van der Waals surface area contributed by atoms with Crippen LogP contribution in [0.1, 0.15) is 17.4 Å². The molecule has 2 rings (SSSR count). The number of aromatic nitrogens is 1. The first-order valence-corrected chi connectivity index (χ1v) is 6.95. The van der Waals surface area contributed by atoms with E-state index < -0.39 is 16.8 Å². The second kappa shape index (κ2) is 6.87. The third kappa shape index (κ3) is 3.82. The summed E-state index contributed by atoms with van der Waals surface area (Å²) in [6.07, 6.45) is -0.977. The van der Waals surface area contributed by atoms with Gasteiger partial charge in [-0.2, -0.15) is 0 Å². The van der Waals surface area contributed by atoms with Gasteiger partial charge in [-0.05, 0) is 22.0 Å². The quantitative estimate of drug-likeness (QED) is 0.625. The zero-order valence-electron chi connectivity index (χ0n) is 13.1. The Balaban J connectivity index is 2.43. The third-order valence-electron chi connectivity index (χ3n) is 3.16. The Morgan fingerprint density at radius 1 is 1.22 bits per heavy atom. The predicted octanol–water partition coefficient (Wildman–Crippen LogP) is 2.51. The van der Waals surface area contributed by atoms with Crippen molar-refractivity contribution < 1.29 is 14.5 Å². The van der Waals surface area contributed by atoms with E-state index in [0.29, 0.717) is 11.3 Å². The highest BCUT2D eigenvalue weighted by Gasteiger charge is 2.28. The summed E-state index contributed by atoms with van der Waals surface area (Å²) in [5, 5.41) is 11.2. The van der Waals surface area contributed by atoms with Gasteiger partial charge < -0.3 is 19.8 Å². The average molecular weight is 315 g/mol. The summed E-state index contributed by atoms with van der Waals surface area (Å²) in [5.41, 5.74) is 1.11. The lowest BCUT2D eigenvalue weighted by atomic mass is 10.1. The molecule has 1 unspecified atom stereocenters. The van der Waals surface area contributed by atoms with Crippen LogP contribution in [0, 0.1) is 17.0 Å². The number of pyridine rings is 1. The van der Waals surface area contributed by atoms with E-state index in [1.165, 1.54) is 11.0 Å². The molecule has 0 saturated carbocycles. The molecule has 0 bridgehead atoms. The van der Waals surface area contributed by atoms with Gasteiger partial charge >= 0.3 is 5.82 Å². The molecule has 0 aliphatic carbocycles. The summed E-state index contributed by atoms with van der Waals surface area (Å²) in [6, 6.07) is 11.9. The minimum atomic E-state index is -0.977. The topological polar surface area (TPSA) is 85.6 Å². The van der Waals surface area contributed by atoms with E-state index in [9.17, 15) is 14.9 Å². The molecule has 7 nitrogen and oxygen atoms in total. The van der Waals surface area contributed by atoms with E-state index in [0.717, 1.165) is 0 Å². The SMILES string of the molecule is Cc1ccc(OC(C(=O)N(C)C)c2ccccc2)c([N+](=O)[O-])n1. The summed E-state index contributed by atoms with van der Waals surface area (Å²) in [4.78, 5) is 28.2. The maximum Gasteiger partial charge on any atom is 0.406 e. The molecule has 120 valence electrons. The second-order valence-electron chi connectivity index (χ2n) is 5.17. The van der Waals surface area contributed by atoms with Crippen LogP contribution in [0.2, 0.25) is 0 Å². The molecular formula is C16H17N3O4. The molecular weight excluding hydrogens is 298 g/mol. The molecule has 0 aliphatic rings. The van der Waals surface area contributed by atoms with E-state index in [1.54, 1.807) is 51.4 Å². The van der Waals surface area contributed by atoms with E-state index >= 15 is 0 Å². The monoisotopic (exact) mass is 315 g/mol. The largest absolute Gasteiger partial charge is 0.467 e. The number of amides is 1. The van der Waals surface area contributed by atoms with Crippen LogP contribution in [0.5, 0.6) is 5.75 Å². The molecule has 1 aromatic heterocycles. The predicted molar refractivity (Wildman–Crippen MR) is 84.1 cm³/mol. The smallest absolute Gasteiger partial charge is 0.406 e. The molecule has 0 radical (unpaired) electrons. The fourth-order valence-corrected chi connectivity index (χ4v) is 2.00. The van der Waals surface area contributed by atoms with Crippen molar-refractivity contribution in [3.8, 4) is 5.75 Å². The van der Waals surface area contributed by atoms with Crippen LogP contribution in [-0.2, 0) is 4.79 Å². The van der Waals surface area contributed by atoms with Gasteiger partial charge in [-0.3, -0.25) is 4.79 Å². The Morgan fingerprint density at radius 3 is 2.43 bits per heavy atom. The van der Waals surface area contributed by atoms with Crippen LogP contribution >= 0.6 is 0 Å². The molecule has 0 fully saturated rings. The van der Waals surface area contributed by atoms with Gasteiger partial charge in [0, 0.05) is 26.6 Å². The summed E-state index contributed by atoms with van der Waals surface area (Å²) in [6.45, 7) is 1.65. The highest BCUT2D eigenvalue weighted by Crippen LogP contribution is 2.30. The van der Waals surface area contributed by atoms with Crippen molar-refractivity contribution in [3.05, 3.63) is 63.8 Å². The lowest BCUT2D eigenvalue weighted by Crippen LogP contribution is -2.31. The highest BCUT2D eigenvalue weighted by atomic mass is 16.6. The normalized spacial score (nSPS) is 11.6. The number of ether oxygens (including phenoxy) is 1. The van der Waals surface area contributed by atoms with Crippen LogP contribution < -0.4 is 4.74 Å². The Morgan fingerprint density at radius 2 is 1.87 bits per heavy atom. The summed E-state index contributed by atoms with van der Waals surface area (Å²) in [5.74, 6) is -0.756. The van der Waals surface area contributed by atoms with E-state index in [2.05, 4.69) is 4.98 Å². The Hall–Kier alpha value is -2.96. The summed E-state index contributed by atoms with van der Waals surface area (Å²) < 4.78 is 5.68. The highest BCUT2D eigenvalue weighted by molar-refractivity contribution is 5.82. The maximum absolute atomic E-state index is 12.4. The first-order chi connectivity index (χ1) is 10.9.